The minimum Gasteiger partial charge on any atom is -0.462 e. The third-order valence-electron chi connectivity index (χ3n) is 0.622. The minimum absolute atomic E-state index is 0.242. The molecule has 1 aliphatic rings. The Morgan fingerprint density at radius 2 is 2.75 bits per heavy atom. The predicted molar refractivity (Wildman–Crippen MR) is 24.3 cm³/mol. The van der Waals surface area contributed by atoms with Crippen LogP contribution in [0.25, 0.3) is 0 Å². The van der Waals surface area contributed by atoms with Crippen molar-refractivity contribution in [2.24, 2.45) is 5.10 Å². The Hall–Kier alpha value is -1.10. The van der Waals surface area contributed by atoms with Crippen LogP contribution < -0.4 is 0 Å². The first kappa shape index (κ1) is 5.04. The molecule has 0 radical (unpaired) electrons. The summed E-state index contributed by atoms with van der Waals surface area (Å²) in [6.45, 7) is 0.242. The summed E-state index contributed by atoms with van der Waals surface area (Å²) in [5.74, 6) is 0. The van der Waals surface area contributed by atoms with Gasteiger partial charge in [-0.2, -0.15) is 5.10 Å². The molecule has 0 saturated heterocycles. The van der Waals surface area contributed by atoms with Crippen molar-refractivity contribution in [2.45, 2.75) is 0 Å². The second-order valence-electron chi connectivity index (χ2n) is 1.15. The number of hydrogen-bond donors (Lipinski definition) is 1. The molecule has 0 saturated carbocycles. The molecule has 0 aromatic carbocycles. The molecule has 0 atom stereocenters. The van der Waals surface area contributed by atoms with Crippen LogP contribution in [-0.4, -0.2) is 29.2 Å². The molecule has 5 heteroatoms. The fraction of sp³-hybridized carbons (Fsp3) is 0.333. The van der Waals surface area contributed by atoms with Gasteiger partial charge in [0.1, 0.15) is 6.61 Å². The fourth-order valence-corrected chi connectivity index (χ4v) is 0.349. The van der Waals surface area contributed by atoms with Crippen molar-refractivity contribution in [2.75, 3.05) is 6.61 Å². The van der Waals surface area contributed by atoms with Crippen molar-refractivity contribution >= 4 is 12.3 Å². The average molecular weight is 116 g/mol. The molecule has 5 nitrogen and oxygen atoms in total. The SMILES string of the molecule is O=C(O)N1N=CCO1. The maximum atomic E-state index is 9.89. The topological polar surface area (TPSA) is 62.1 Å². The molecular formula is C3H4N2O3. The first-order valence-electron chi connectivity index (χ1n) is 1.99. The van der Waals surface area contributed by atoms with Crippen LogP contribution >= 0.6 is 0 Å². The smallest absolute Gasteiger partial charge is 0.453 e. The normalized spacial score (nSPS) is 17.2. The minimum atomic E-state index is -1.20. The van der Waals surface area contributed by atoms with E-state index in [0.29, 0.717) is 5.17 Å². The molecule has 1 amide bonds. The standard InChI is InChI=1S/C3H4N2O3/c6-3(7)5-4-1-2-8-5/h1H,2H2,(H,6,7). The number of rotatable bonds is 0. The van der Waals surface area contributed by atoms with Gasteiger partial charge in [0, 0.05) is 0 Å². The van der Waals surface area contributed by atoms with E-state index in [4.69, 9.17) is 5.11 Å². The summed E-state index contributed by atoms with van der Waals surface area (Å²) in [6, 6.07) is 0. The van der Waals surface area contributed by atoms with Gasteiger partial charge in [-0.15, -0.1) is 0 Å². The van der Waals surface area contributed by atoms with Crippen LogP contribution in [0.3, 0.4) is 0 Å². The summed E-state index contributed by atoms with van der Waals surface area (Å²) in [5.41, 5.74) is 0. The highest BCUT2D eigenvalue weighted by Gasteiger charge is 2.13. The van der Waals surface area contributed by atoms with Crippen molar-refractivity contribution in [1.29, 1.82) is 0 Å². The van der Waals surface area contributed by atoms with Gasteiger partial charge in [-0.25, -0.2) is 9.63 Å². The van der Waals surface area contributed by atoms with Gasteiger partial charge in [0.25, 0.3) is 0 Å². The molecule has 0 aromatic rings. The molecular weight excluding hydrogens is 112 g/mol. The van der Waals surface area contributed by atoms with E-state index >= 15 is 0 Å². The first-order chi connectivity index (χ1) is 3.80. The number of amides is 1. The molecule has 0 bridgehead atoms. The highest BCUT2D eigenvalue weighted by molar-refractivity contribution is 5.68. The Morgan fingerprint density at radius 1 is 2.00 bits per heavy atom. The van der Waals surface area contributed by atoms with E-state index in [-0.39, 0.29) is 6.61 Å². The number of hydroxylamine groups is 1. The molecule has 44 valence electrons. The van der Waals surface area contributed by atoms with Gasteiger partial charge in [0.2, 0.25) is 0 Å². The summed E-state index contributed by atoms with van der Waals surface area (Å²) in [6.07, 6.45) is 0.174. The zero-order chi connectivity index (χ0) is 5.98. The number of nitrogens with zero attached hydrogens (tertiary/aromatic N) is 2. The van der Waals surface area contributed by atoms with Gasteiger partial charge >= 0.3 is 6.09 Å². The molecule has 0 spiro atoms. The van der Waals surface area contributed by atoms with Gasteiger partial charge in [0.05, 0.1) is 6.21 Å². The van der Waals surface area contributed by atoms with Gasteiger partial charge < -0.3 is 5.11 Å². The number of carboxylic acid groups (broad SMARTS) is 1. The molecule has 1 heterocycles. The predicted octanol–water partition coefficient (Wildman–Crippen LogP) is -0.103. The lowest BCUT2D eigenvalue weighted by atomic mass is 10.8. The lowest BCUT2D eigenvalue weighted by Gasteiger charge is -2.01. The zero-order valence-electron chi connectivity index (χ0n) is 3.94. The van der Waals surface area contributed by atoms with Crippen LogP contribution in [0.15, 0.2) is 5.10 Å². The summed E-state index contributed by atoms with van der Waals surface area (Å²) < 4.78 is 0. The third-order valence-corrected chi connectivity index (χ3v) is 0.622. The largest absolute Gasteiger partial charge is 0.462 e. The quantitative estimate of drug-likeness (QED) is 0.480. The monoisotopic (exact) mass is 116 g/mol. The highest BCUT2D eigenvalue weighted by Crippen LogP contribution is 1.95. The molecule has 0 fully saturated rings. The second kappa shape index (κ2) is 1.79. The highest BCUT2D eigenvalue weighted by atomic mass is 16.7. The van der Waals surface area contributed by atoms with Gasteiger partial charge in [-0.05, 0) is 0 Å². The maximum Gasteiger partial charge on any atom is 0.453 e. The van der Waals surface area contributed by atoms with Crippen LogP contribution in [0.4, 0.5) is 4.79 Å². The molecule has 0 aromatic heterocycles. The van der Waals surface area contributed by atoms with Crippen LogP contribution in [0, 0.1) is 0 Å². The average Bonchev–Trinajstić information content (AvgIpc) is 2.12. The van der Waals surface area contributed by atoms with Gasteiger partial charge in [0.15, 0.2) is 0 Å². The Morgan fingerprint density at radius 3 is 3.00 bits per heavy atom. The van der Waals surface area contributed by atoms with Crippen LogP contribution in [-0.2, 0) is 4.84 Å². The maximum absolute atomic E-state index is 9.89. The number of hydrazone groups is 1. The van der Waals surface area contributed by atoms with Crippen molar-refractivity contribution in [3.63, 3.8) is 0 Å². The van der Waals surface area contributed by atoms with Gasteiger partial charge in [-0.3, -0.25) is 0 Å². The first-order valence-corrected chi connectivity index (χ1v) is 1.99. The Bertz CT molecular complexity index is 132. The van der Waals surface area contributed by atoms with Gasteiger partial charge in [-0.1, -0.05) is 5.17 Å². The molecule has 1 N–H and O–H groups in total. The summed E-state index contributed by atoms with van der Waals surface area (Å²) >= 11 is 0. The van der Waals surface area contributed by atoms with Crippen LogP contribution in [0.5, 0.6) is 0 Å². The zero-order valence-corrected chi connectivity index (χ0v) is 3.94. The Kier molecular flexibility index (Phi) is 1.13. The second-order valence-corrected chi connectivity index (χ2v) is 1.15. The van der Waals surface area contributed by atoms with Crippen LogP contribution in [0.1, 0.15) is 0 Å². The van der Waals surface area contributed by atoms with E-state index in [1.54, 1.807) is 0 Å². The lowest BCUT2D eigenvalue weighted by molar-refractivity contribution is -0.0970. The van der Waals surface area contributed by atoms with Crippen molar-refractivity contribution in [1.82, 2.24) is 5.17 Å². The Balaban J connectivity index is 2.48. The van der Waals surface area contributed by atoms with Crippen molar-refractivity contribution in [3.05, 3.63) is 0 Å². The lowest BCUT2D eigenvalue weighted by Crippen LogP contribution is -2.19. The Labute approximate surface area is 45.1 Å². The van der Waals surface area contributed by atoms with E-state index in [1.165, 1.54) is 6.21 Å². The fourth-order valence-electron chi connectivity index (χ4n) is 0.349. The third kappa shape index (κ3) is 0.760. The molecule has 0 aliphatic carbocycles. The van der Waals surface area contributed by atoms with E-state index < -0.39 is 6.09 Å². The molecule has 8 heavy (non-hydrogen) atoms. The van der Waals surface area contributed by atoms with Crippen molar-refractivity contribution in [3.8, 4) is 0 Å². The van der Waals surface area contributed by atoms with E-state index in [2.05, 4.69) is 9.94 Å². The molecule has 1 aliphatic heterocycles. The summed E-state index contributed by atoms with van der Waals surface area (Å²) in [4.78, 5) is 14.3. The van der Waals surface area contributed by atoms with Crippen LogP contribution in [0.2, 0.25) is 0 Å². The molecule has 1 rings (SSSR count). The molecule has 0 unspecified atom stereocenters. The summed E-state index contributed by atoms with van der Waals surface area (Å²) in [5, 5.41) is 11.9. The van der Waals surface area contributed by atoms with E-state index in [9.17, 15) is 4.79 Å². The van der Waals surface area contributed by atoms with Crippen molar-refractivity contribution < 1.29 is 14.7 Å². The summed E-state index contributed by atoms with van der Waals surface area (Å²) in [7, 11) is 0. The number of carbonyl (C=O) groups is 1. The van der Waals surface area contributed by atoms with E-state index in [1.807, 2.05) is 0 Å². The number of hydrogen-bond acceptors (Lipinski definition) is 3. The van der Waals surface area contributed by atoms with E-state index in [0.717, 1.165) is 0 Å².